The maximum Gasteiger partial charge on any atom is 0.328 e. The molecule has 1 atom stereocenters. The van der Waals surface area contributed by atoms with Gasteiger partial charge in [0.15, 0.2) is 0 Å². The van der Waals surface area contributed by atoms with Crippen LogP contribution in [-0.4, -0.2) is 22.0 Å². The van der Waals surface area contributed by atoms with E-state index in [9.17, 15) is 9.59 Å². The van der Waals surface area contributed by atoms with Crippen molar-refractivity contribution < 1.29 is 14.7 Å². The molecule has 0 saturated heterocycles. The number of aromatic nitrogens is 1. The van der Waals surface area contributed by atoms with Crippen LogP contribution in [0.5, 0.6) is 0 Å². The third-order valence-electron chi connectivity index (χ3n) is 5.17. The first-order valence-electron chi connectivity index (χ1n) is 8.87. The first-order valence-corrected chi connectivity index (χ1v) is 8.87. The summed E-state index contributed by atoms with van der Waals surface area (Å²) >= 11 is 0. The van der Waals surface area contributed by atoms with Crippen molar-refractivity contribution in [1.82, 2.24) is 4.98 Å². The zero-order valence-corrected chi connectivity index (χ0v) is 15.2. The zero-order chi connectivity index (χ0) is 19.1. The number of nitrogens with zero attached hydrogens (tertiary/aromatic N) is 1. The smallest absolute Gasteiger partial charge is 0.328 e. The largest absolute Gasteiger partial charge is 0.478 e. The number of hydrogen-bond donors (Lipinski definition) is 2. The number of carbonyl (C=O) groups excluding carboxylic acids is 1. The molecule has 4 rings (SSSR count). The number of H-pyrrole nitrogens is 1. The van der Waals surface area contributed by atoms with Crippen LogP contribution in [-0.2, 0) is 16.0 Å². The lowest BCUT2D eigenvalue weighted by Crippen LogP contribution is -2.31. The first-order chi connectivity index (χ1) is 13.0. The molecule has 0 fully saturated rings. The van der Waals surface area contributed by atoms with Gasteiger partial charge in [0.1, 0.15) is 0 Å². The molecule has 2 N–H and O–H groups in total. The molecule has 2 aromatic carbocycles. The van der Waals surface area contributed by atoms with Gasteiger partial charge >= 0.3 is 5.97 Å². The number of benzene rings is 2. The van der Waals surface area contributed by atoms with Crippen molar-refractivity contribution in [3.8, 4) is 0 Å². The predicted octanol–water partition coefficient (Wildman–Crippen LogP) is 4.06. The monoisotopic (exact) mass is 360 g/mol. The van der Waals surface area contributed by atoms with Crippen molar-refractivity contribution in [1.29, 1.82) is 0 Å². The molecule has 136 valence electrons. The molecule has 2 heterocycles. The van der Waals surface area contributed by atoms with E-state index in [0.717, 1.165) is 51.1 Å². The summed E-state index contributed by atoms with van der Waals surface area (Å²) in [6.45, 7) is 3.99. The number of aryl methyl sites for hydroxylation is 2. The molecule has 0 saturated carbocycles. The van der Waals surface area contributed by atoms with E-state index in [1.807, 2.05) is 50.2 Å². The lowest BCUT2D eigenvalue weighted by atomic mass is 9.99. The topological polar surface area (TPSA) is 73.4 Å². The Kier molecular flexibility index (Phi) is 4.07. The minimum absolute atomic E-state index is 0.178. The summed E-state index contributed by atoms with van der Waals surface area (Å²) in [5, 5.41) is 10.0. The average molecular weight is 360 g/mol. The van der Waals surface area contributed by atoms with E-state index in [2.05, 4.69) is 11.1 Å². The zero-order valence-electron chi connectivity index (χ0n) is 15.2. The molecule has 1 unspecified atom stereocenters. The van der Waals surface area contributed by atoms with Gasteiger partial charge in [-0.3, -0.25) is 4.79 Å². The molecular formula is C22H20N2O3. The van der Waals surface area contributed by atoms with Crippen molar-refractivity contribution in [2.45, 2.75) is 26.3 Å². The number of carbonyl (C=O) groups is 2. The van der Waals surface area contributed by atoms with E-state index in [-0.39, 0.29) is 11.9 Å². The molecule has 0 radical (unpaired) electrons. The number of fused-ring (bicyclic) bond motifs is 2. The summed E-state index contributed by atoms with van der Waals surface area (Å²) in [4.78, 5) is 29.0. The van der Waals surface area contributed by atoms with E-state index >= 15 is 0 Å². The summed E-state index contributed by atoms with van der Waals surface area (Å²) in [7, 11) is 0. The Morgan fingerprint density at radius 1 is 1.11 bits per heavy atom. The Hall–Kier alpha value is -3.34. The van der Waals surface area contributed by atoms with Crippen LogP contribution in [0, 0.1) is 13.8 Å². The SMILES string of the molecule is Cc1cccc2c1N(C(=O)C=CC(=O)O)C(c1c(C)[nH]c3ccccc13)C2. The number of amides is 1. The van der Waals surface area contributed by atoms with E-state index in [1.165, 1.54) is 0 Å². The molecule has 27 heavy (non-hydrogen) atoms. The van der Waals surface area contributed by atoms with Crippen molar-refractivity contribution in [3.63, 3.8) is 0 Å². The number of aromatic amines is 1. The van der Waals surface area contributed by atoms with E-state index in [0.29, 0.717) is 6.42 Å². The van der Waals surface area contributed by atoms with Crippen molar-refractivity contribution in [2.75, 3.05) is 4.90 Å². The van der Waals surface area contributed by atoms with Crippen LogP contribution >= 0.6 is 0 Å². The normalized spacial score (nSPS) is 16.2. The first kappa shape index (κ1) is 17.1. The molecule has 1 aliphatic rings. The van der Waals surface area contributed by atoms with E-state index in [4.69, 9.17) is 5.11 Å². The number of aliphatic carboxylic acids is 1. The molecule has 1 aliphatic heterocycles. The average Bonchev–Trinajstić information content (AvgIpc) is 3.17. The Balaban J connectivity index is 1.89. The molecule has 5 heteroatoms. The quantitative estimate of drug-likeness (QED) is 0.692. The van der Waals surface area contributed by atoms with Gasteiger partial charge in [-0.05, 0) is 37.5 Å². The van der Waals surface area contributed by atoms with Crippen LogP contribution in [0.4, 0.5) is 5.69 Å². The van der Waals surface area contributed by atoms with Gasteiger partial charge in [0.05, 0.1) is 11.7 Å². The molecule has 0 aliphatic carbocycles. The Morgan fingerprint density at radius 3 is 2.67 bits per heavy atom. The fourth-order valence-electron chi connectivity index (χ4n) is 4.13. The number of nitrogens with one attached hydrogen (secondary N) is 1. The highest BCUT2D eigenvalue weighted by Crippen LogP contribution is 2.45. The Morgan fingerprint density at radius 2 is 1.89 bits per heavy atom. The van der Waals surface area contributed by atoms with Crippen molar-refractivity contribution >= 4 is 28.5 Å². The molecule has 0 bridgehead atoms. The summed E-state index contributed by atoms with van der Waals surface area (Å²) < 4.78 is 0. The van der Waals surface area contributed by atoms with Crippen LogP contribution in [0.3, 0.4) is 0 Å². The minimum atomic E-state index is -1.13. The van der Waals surface area contributed by atoms with Gasteiger partial charge in [-0.1, -0.05) is 36.4 Å². The predicted molar refractivity (Wildman–Crippen MR) is 105 cm³/mol. The summed E-state index contributed by atoms with van der Waals surface area (Å²) in [6, 6.07) is 13.9. The summed E-state index contributed by atoms with van der Waals surface area (Å²) in [6.07, 6.45) is 2.74. The van der Waals surface area contributed by atoms with Gasteiger partial charge in [0.2, 0.25) is 0 Å². The number of anilines is 1. The Bertz CT molecular complexity index is 1090. The van der Waals surface area contributed by atoms with Crippen LogP contribution in [0.15, 0.2) is 54.6 Å². The second-order valence-corrected chi connectivity index (χ2v) is 6.89. The number of carboxylic acids is 1. The maximum absolute atomic E-state index is 13.0. The molecule has 1 aromatic heterocycles. The molecule has 5 nitrogen and oxygen atoms in total. The highest BCUT2D eigenvalue weighted by atomic mass is 16.4. The number of para-hydroxylation sites is 2. The molecule has 3 aromatic rings. The third-order valence-corrected chi connectivity index (χ3v) is 5.17. The van der Waals surface area contributed by atoms with Gasteiger partial charge in [-0.25, -0.2) is 4.79 Å². The molecule has 1 amide bonds. The maximum atomic E-state index is 13.0. The number of carboxylic acid groups (broad SMARTS) is 1. The minimum Gasteiger partial charge on any atom is -0.478 e. The van der Waals surface area contributed by atoms with Crippen LogP contribution in [0.25, 0.3) is 10.9 Å². The highest BCUT2D eigenvalue weighted by molar-refractivity contribution is 6.07. The van der Waals surface area contributed by atoms with E-state index < -0.39 is 5.97 Å². The van der Waals surface area contributed by atoms with Gasteiger partial charge in [0.25, 0.3) is 5.91 Å². The lowest BCUT2D eigenvalue weighted by Gasteiger charge is -2.26. The van der Waals surface area contributed by atoms with Gasteiger partial charge in [-0.15, -0.1) is 0 Å². The fraction of sp³-hybridized carbons (Fsp3) is 0.182. The van der Waals surface area contributed by atoms with Gasteiger partial charge in [0, 0.05) is 34.3 Å². The Labute approximate surface area is 156 Å². The number of hydrogen-bond acceptors (Lipinski definition) is 2. The number of rotatable bonds is 3. The van der Waals surface area contributed by atoms with Crippen molar-refractivity contribution in [2.24, 2.45) is 0 Å². The molecular weight excluding hydrogens is 340 g/mol. The van der Waals surface area contributed by atoms with Crippen LogP contribution < -0.4 is 4.90 Å². The van der Waals surface area contributed by atoms with Crippen LogP contribution in [0.2, 0.25) is 0 Å². The van der Waals surface area contributed by atoms with Gasteiger partial charge in [-0.2, -0.15) is 0 Å². The van der Waals surface area contributed by atoms with E-state index in [1.54, 1.807) is 4.90 Å². The van der Waals surface area contributed by atoms with Crippen molar-refractivity contribution in [3.05, 3.63) is 77.0 Å². The third kappa shape index (κ3) is 2.81. The molecule has 0 spiro atoms. The van der Waals surface area contributed by atoms with Gasteiger partial charge < -0.3 is 15.0 Å². The summed E-state index contributed by atoms with van der Waals surface area (Å²) in [5.41, 5.74) is 6.12. The van der Waals surface area contributed by atoms with Crippen LogP contribution in [0.1, 0.15) is 28.4 Å². The highest BCUT2D eigenvalue weighted by Gasteiger charge is 2.37. The lowest BCUT2D eigenvalue weighted by molar-refractivity contribution is -0.131. The second-order valence-electron chi connectivity index (χ2n) is 6.89. The standard InChI is InChI=1S/C22H20N2O3/c1-13-6-5-7-15-12-18(24(22(13)15)19(25)10-11-20(26)27)21-14(2)23-17-9-4-3-8-16(17)21/h3-11,18,23H,12H2,1-2H3,(H,26,27). The fourth-order valence-corrected chi connectivity index (χ4v) is 4.13. The second kappa shape index (κ2) is 6.43. The summed E-state index contributed by atoms with van der Waals surface area (Å²) in [5.74, 6) is -1.45.